The Morgan fingerprint density at radius 1 is 0.850 bits per heavy atom. The number of nitrogens with two attached hydrogens (primary N) is 1. The lowest BCUT2D eigenvalue weighted by atomic mass is 9.89. The molecule has 3 aromatic carbocycles. The largest absolute Gasteiger partial charge is 0.392 e. The van der Waals surface area contributed by atoms with E-state index in [1.165, 1.54) is 0 Å². The van der Waals surface area contributed by atoms with Gasteiger partial charge in [0.15, 0.2) is 12.1 Å². The zero-order valence-corrected chi connectivity index (χ0v) is 23.2. The molecule has 7 nitrogen and oxygen atoms in total. The van der Waals surface area contributed by atoms with Gasteiger partial charge in [0.05, 0.1) is 32.0 Å². The van der Waals surface area contributed by atoms with Crippen LogP contribution in [0.5, 0.6) is 0 Å². The molecule has 4 atom stereocenters. The van der Waals surface area contributed by atoms with Gasteiger partial charge < -0.3 is 34.7 Å². The van der Waals surface area contributed by atoms with Gasteiger partial charge in [-0.25, -0.2) is 0 Å². The maximum Gasteiger partial charge on any atom is 0.184 e. The van der Waals surface area contributed by atoms with Gasteiger partial charge in [-0.05, 0) is 39.9 Å². The Morgan fingerprint density at radius 3 is 2.25 bits per heavy atom. The van der Waals surface area contributed by atoms with E-state index >= 15 is 0 Å². The molecule has 3 N–H and O–H groups in total. The van der Waals surface area contributed by atoms with Gasteiger partial charge in [0.25, 0.3) is 0 Å². The van der Waals surface area contributed by atoms with Crippen molar-refractivity contribution in [2.24, 2.45) is 11.7 Å². The van der Waals surface area contributed by atoms with Gasteiger partial charge in [-0.2, -0.15) is 0 Å². The van der Waals surface area contributed by atoms with E-state index in [9.17, 15) is 5.11 Å². The molecular weight excluding hydrogens is 504 g/mol. The SMILES string of the molecule is C[C@@H]1[C@H](CN2CCC3(CC2)OCCO3)O[C@H](c2cccc(-c3cccc(CN)c3)c2)O[C@@H]1c1ccc(CO)cc1. The summed E-state index contributed by atoms with van der Waals surface area (Å²) in [6.45, 7) is 6.78. The lowest BCUT2D eigenvalue weighted by Crippen LogP contribution is -2.50. The van der Waals surface area contributed by atoms with Crippen LogP contribution in [0.3, 0.4) is 0 Å². The third-order valence-corrected chi connectivity index (χ3v) is 8.65. The van der Waals surface area contributed by atoms with Crippen molar-refractivity contribution in [1.29, 1.82) is 0 Å². The second-order valence-electron chi connectivity index (χ2n) is 11.3. The summed E-state index contributed by atoms with van der Waals surface area (Å²) in [6, 6.07) is 24.9. The first kappa shape index (κ1) is 27.5. The monoisotopic (exact) mass is 544 g/mol. The number of aliphatic hydroxyl groups excluding tert-OH is 1. The molecule has 0 aliphatic carbocycles. The van der Waals surface area contributed by atoms with Crippen LogP contribution in [0.2, 0.25) is 0 Å². The summed E-state index contributed by atoms with van der Waals surface area (Å²) in [7, 11) is 0. The molecule has 3 fully saturated rings. The van der Waals surface area contributed by atoms with E-state index in [0.29, 0.717) is 19.8 Å². The van der Waals surface area contributed by atoms with Crippen molar-refractivity contribution in [2.75, 3.05) is 32.8 Å². The predicted octanol–water partition coefficient (Wildman–Crippen LogP) is 4.93. The van der Waals surface area contributed by atoms with Crippen LogP contribution in [0, 0.1) is 5.92 Å². The number of rotatable bonds is 7. The van der Waals surface area contributed by atoms with Gasteiger partial charge in [0.1, 0.15) is 0 Å². The molecule has 0 unspecified atom stereocenters. The fourth-order valence-electron chi connectivity index (χ4n) is 6.19. The molecule has 3 heterocycles. The summed E-state index contributed by atoms with van der Waals surface area (Å²) in [5.41, 5.74) is 12.2. The fraction of sp³-hybridized carbons (Fsp3) is 0.455. The lowest BCUT2D eigenvalue weighted by Gasteiger charge is -2.44. The van der Waals surface area contributed by atoms with Gasteiger partial charge in [0, 0.05) is 50.5 Å². The normalized spacial score (nSPS) is 26.8. The number of likely N-dealkylation sites (tertiary alicyclic amines) is 1. The molecule has 0 amide bonds. The molecule has 6 rings (SSSR count). The van der Waals surface area contributed by atoms with Gasteiger partial charge in [-0.1, -0.05) is 67.6 Å². The van der Waals surface area contributed by atoms with Gasteiger partial charge >= 0.3 is 0 Å². The summed E-state index contributed by atoms with van der Waals surface area (Å²) < 4.78 is 25.4. The molecule has 3 aliphatic rings. The number of ether oxygens (including phenoxy) is 4. The average molecular weight is 545 g/mol. The Morgan fingerprint density at radius 2 is 1.55 bits per heavy atom. The average Bonchev–Trinajstić information content (AvgIpc) is 3.47. The standard InChI is InChI=1S/C33H40N2O5/c1-23-30(21-35-14-12-33(13-15-35)37-16-17-38-33)39-32(40-31(23)26-10-8-24(22-36)9-11-26)29-7-3-6-28(19-29)27-5-2-4-25(18-27)20-34/h2-11,18-19,23,30-32,36H,12-17,20-22,34H2,1H3/t23-,30+,31+,32+/m1/s1. The topological polar surface area (TPSA) is 86.4 Å². The molecule has 0 aromatic heterocycles. The Bertz CT molecular complexity index is 1270. The highest BCUT2D eigenvalue weighted by Crippen LogP contribution is 2.43. The third kappa shape index (κ3) is 5.87. The van der Waals surface area contributed by atoms with Gasteiger partial charge in [0.2, 0.25) is 0 Å². The molecule has 40 heavy (non-hydrogen) atoms. The van der Waals surface area contributed by atoms with Crippen LogP contribution >= 0.6 is 0 Å². The van der Waals surface area contributed by atoms with Crippen molar-refractivity contribution in [2.45, 2.75) is 57.2 Å². The number of benzene rings is 3. The quantitative estimate of drug-likeness (QED) is 0.436. The minimum atomic E-state index is -0.501. The Kier molecular flexibility index (Phi) is 8.32. The highest BCUT2D eigenvalue weighted by molar-refractivity contribution is 5.65. The van der Waals surface area contributed by atoms with E-state index in [1.807, 2.05) is 24.3 Å². The first-order valence-corrected chi connectivity index (χ1v) is 14.5. The second kappa shape index (κ2) is 12.1. The number of hydrogen-bond acceptors (Lipinski definition) is 7. The van der Waals surface area contributed by atoms with Crippen molar-refractivity contribution in [3.63, 3.8) is 0 Å². The summed E-state index contributed by atoms with van der Waals surface area (Å²) in [5.74, 6) is -0.254. The van der Waals surface area contributed by atoms with E-state index in [4.69, 9.17) is 24.7 Å². The molecule has 3 aliphatic heterocycles. The number of hydrogen-bond donors (Lipinski definition) is 2. The number of nitrogens with zero attached hydrogens (tertiary/aromatic N) is 1. The minimum absolute atomic E-state index is 0.0232. The molecule has 0 radical (unpaired) electrons. The molecule has 0 bridgehead atoms. The Balaban J connectivity index is 1.25. The first-order chi connectivity index (χ1) is 19.6. The Labute approximate surface area is 236 Å². The van der Waals surface area contributed by atoms with Gasteiger partial charge in [-0.3, -0.25) is 0 Å². The second-order valence-corrected chi connectivity index (χ2v) is 11.3. The summed E-state index contributed by atoms with van der Waals surface area (Å²) in [6.07, 6.45) is 1.09. The smallest absolute Gasteiger partial charge is 0.184 e. The van der Waals surface area contributed by atoms with Crippen LogP contribution < -0.4 is 5.73 Å². The van der Waals surface area contributed by atoms with Crippen molar-refractivity contribution in [3.8, 4) is 11.1 Å². The maximum absolute atomic E-state index is 9.55. The predicted molar refractivity (Wildman–Crippen MR) is 153 cm³/mol. The first-order valence-electron chi connectivity index (χ1n) is 14.5. The maximum atomic E-state index is 9.55. The molecule has 0 saturated carbocycles. The van der Waals surface area contributed by atoms with E-state index in [-0.39, 0.29) is 30.5 Å². The molecule has 3 aromatic rings. The van der Waals surface area contributed by atoms with Crippen LogP contribution in [0.4, 0.5) is 0 Å². The highest BCUT2D eigenvalue weighted by atomic mass is 16.7. The van der Waals surface area contributed by atoms with Crippen LogP contribution in [0.15, 0.2) is 72.8 Å². The van der Waals surface area contributed by atoms with E-state index in [1.54, 1.807) is 0 Å². The number of piperidine rings is 1. The fourth-order valence-corrected chi connectivity index (χ4v) is 6.19. The van der Waals surface area contributed by atoms with Crippen LogP contribution in [0.1, 0.15) is 54.4 Å². The molecule has 7 heteroatoms. The zero-order valence-electron chi connectivity index (χ0n) is 23.2. The van der Waals surface area contributed by atoms with Crippen molar-refractivity contribution in [1.82, 2.24) is 4.90 Å². The third-order valence-electron chi connectivity index (χ3n) is 8.65. The summed E-state index contributed by atoms with van der Waals surface area (Å²) in [4.78, 5) is 2.47. The molecule has 1 spiro atoms. The van der Waals surface area contributed by atoms with Crippen molar-refractivity contribution < 1.29 is 24.1 Å². The van der Waals surface area contributed by atoms with E-state index in [0.717, 1.165) is 65.9 Å². The Hall–Kier alpha value is -2.62. The summed E-state index contributed by atoms with van der Waals surface area (Å²) >= 11 is 0. The van der Waals surface area contributed by atoms with Gasteiger partial charge in [-0.15, -0.1) is 0 Å². The highest BCUT2D eigenvalue weighted by Gasteiger charge is 2.43. The molecule has 3 saturated heterocycles. The van der Waals surface area contributed by atoms with E-state index in [2.05, 4.69) is 60.4 Å². The van der Waals surface area contributed by atoms with Crippen molar-refractivity contribution >= 4 is 0 Å². The van der Waals surface area contributed by atoms with E-state index < -0.39 is 6.29 Å². The minimum Gasteiger partial charge on any atom is -0.392 e. The zero-order chi connectivity index (χ0) is 27.5. The number of aliphatic hydroxyl groups is 1. The molecular formula is C33H40N2O5. The summed E-state index contributed by atoms with van der Waals surface area (Å²) in [5, 5.41) is 9.55. The molecule has 212 valence electrons. The van der Waals surface area contributed by atoms with Crippen molar-refractivity contribution in [3.05, 3.63) is 95.1 Å². The lowest BCUT2D eigenvalue weighted by molar-refractivity contribution is -0.278. The van der Waals surface area contributed by atoms with Crippen LogP contribution in [-0.2, 0) is 32.1 Å². The van der Waals surface area contributed by atoms with Crippen LogP contribution in [0.25, 0.3) is 11.1 Å². The van der Waals surface area contributed by atoms with Crippen LogP contribution in [-0.4, -0.2) is 54.7 Å².